The number of aliphatic hydroxyl groups excluding tert-OH is 2. The molecule has 2 aromatic heterocycles. The van der Waals surface area contributed by atoms with Gasteiger partial charge in [-0.05, 0) is 30.9 Å². The highest BCUT2D eigenvalue weighted by Gasteiger charge is 2.56. The van der Waals surface area contributed by atoms with Crippen molar-refractivity contribution in [3.8, 4) is 0 Å². The lowest BCUT2D eigenvalue weighted by atomic mass is 9.80. The zero-order valence-electron chi connectivity index (χ0n) is 15.6. The number of nitrogens with zero attached hydrogens (tertiary/aromatic N) is 3. The molecular weight excluding hydrogens is 354 g/mol. The molecule has 3 aromatic rings. The summed E-state index contributed by atoms with van der Waals surface area (Å²) in [6, 6.07) is 12.3. The Morgan fingerprint density at radius 2 is 1.96 bits per heavy atom. The van der Waals surface area contributed by atoms with Crippen molar-refractivity contribution in [3.63, 3.8) is 0 Å². The summed E-state index contributed by atoms with van der Waals surface area (Å²) in [5, 5.41) is 26.2. The van der Waals surface area contributed by atoms with Crippen LogP contribution in [0, 0.1) is 5.41 Å². The van der Waals surface area contributed by atoms with Crippen molar-refractivity contribution >= 4 is 16.9 Å². The highest BCUT2D eigenvalue weighted by Crippen LogP contribution is 2.50. The standard InChI is InChI=1S/C21H25N5O2/c22-19-15-6-7-26(20(15)25-12-24-19)16-10-21(18(28)17(16)27)9-14(23-11-21)8-13-4-2-1-3-5-13/h1-7,12,14,16-18,23,27-28H,8-11H2,(H2,22,24,25). The molecule has 0 radical (unpaired) electrons. The molecule has 5 N–H and O–H groups in total. The molecule has 2 fully saturated rings. The van der Waals surface area contributed by atoms with Gasteiger partial charge in [0.25, 0.3) is 0 Å². The number of nitrogens with one attached hydrogen (secondary N) is 1. The average Bonchev–Trinajstić information content (AvgIpc) is 3.37. The third-order valence-electron chi connectivity index (χ3n) is 6.58. The molecule has 3 heterocycles. The molecule has 1 saturated carbocycles. The number of fused-ring (bicyclic) bond motifs is 1. The smallest absolute Gasteiger partial charge is 0.145 e. The van der Waals surface area contributed by atoms with E-state index >= 15 is 0 Å². The highest BCUT2D eigenvalue weighted by atomic mass is 16.3. The van der Waals surface area contributed by atoms with Gasteiger partial charge in [-0.25, -0.2) is 9.97 Å². The van der Waals surface area contributed by atoms with E-state index in [1.54, 1.807) is 0 Å². The van der Waals surface area contributed by atoms with E-state index in [0.29, 0.717) is 30.5 Å². The molecule has 0 amide bonds. The van der Waals surface area contributed by atoms with Crippen molar-refractivity contribution in [2.75, 3.05) is 12.3 Å². The summed E-state index contributed by atoms with van der Waals surface area (Å²) in [5.74, 6) is 0.428. The summed E-state index contributed by atoms with van der Waals surface area (Å²) < 4.78 is 1.94. The van der Waals surface area contributed by atoms with Crippen LogP contribution in [0.2, 0.25) is 0 Å². The number of hydrogen-bond donors (Lipinski definition) is 4. The van der Waals surface area contributed by atoms with Gasteiger partial charge in [-0.1, -0.05) is 30.3 Å². The minimum Gasteiger partial charge on any atom is -0.390 e. The number of benzene rings is 1. The molecular formula is C21H25N5O2. The van der Waals surface area contributed by atoms with Crippen molar-refractivity contribution in [1.82, 2.24) is 19.9 Å². The molecule has 1 aliphatic carbocycles. The predicted octanol–water partition coefficient (Wildman–Crippen LogP) is 1.27. The molecule has 146 valence electrons. The molecule has 28 heavy (non-hydrogen) atoms. The largest absolute Gasteiger partial charge is 0.390 e. The van der Waals surface area contributed by atoms with E-state index in [-0.39, 0.29) is 11.5 Å². The lowest BCUT2D eigenvalue weighted by Crippen LogP contribution is -2.38. The van der Waals surface area contributed by atoms with Gasteiger partial charge >= 0.3 is 0 Å². The summed E-state index contributed by atoms with van der Waals surface area (Å²) in [7, 11) is 0. The van der Waals surface area contributed by atoms with Crippen molar-refractivity contribution < 1.29 is 10.2 Å². The monoisotopic (exact) mass is 379 g/mol. The minimum atomic E-state index is -0.843. The van der Waals surface area contributed by atoms with Crippen LogP contribution in [-0.4, -0.2) is 49.5 Å². The predicted molar refractivity (Wildman–Crippen MR) is 107 cm³/mol. The van der Waals surface area contributed by atoms with Crippen LogP contribution in [0.1, 0.15) is 24.4 Å². The van der Waals surface area contributed by atoms with E-state index in [1.165, 1.54) is 11.9 Å². The fraction of sp³-hybridized carbons (Fsp3) is 0.429. The van der Waals surface area contributed by atoms with E-state index < -0.39 is 12.2 Å². The maximum atomic E-state index is 11.0. The zero-order chi connectivity index (χ0) is 19.3. The van der Waals surface area contributed by atoms with Gasteiger partial charge < -0.3 is 25.8 Å². The normalized spacial score (nSPS) is 32.5. The lowest BCUT2D eigenvalue weighted by Gasteiger charge is -2.27. The SMILES string of the molecule is Nc1ncnc2c1ccn2C1CC2(CNC(Cc3ccccc3)C2)C(O)C1O. The Morgan fingerprint density at radius 1 is 1.14 bits per heavy atom. The summed E-state index contributed by atoms with van der Waals surface area (Å²) in [5.41, 5.74) is 7.60. The minimum absolute atomic E-state index is 0.237. The Hall–Kier alpha value is -2.48. The van der Waals surface area contributed by atoms with Gasteiger partial charge in [0.2, 0.25) is 0 Å². The van der Waals surface area contributed by atoms with Gasteiger partial charge in [0.15, 0.2) is 0 Å². The van der Waals surface area contributed by atoms with Crippen LogP contribution in [0.3, 0.4) is 0 Å². The summed E-state index contributed by atoms with van der Waals surface area (Å²) in [4.78, 5) is 8.39. The number of hydrogen-bond acceptors (Lipinski definition) is 6. The molecule has 1 spiro atoms. The van der Waals surface area contributed by atoms with Crippen molar-refractivity contribution in [2.24, 2.45) is 5.41 Å². The highest BCUT2D eigenvalue weighted by molar-refractivity contribution is 5.86. The van der Waals surface area contributed by atoms with Crippen LogP contribution < -0.4 is 11.1 Å². The van der Waals surface area contributed by atoms with E-state index in [9.17, 15) is 10.2 Å². The quantitative estimate of drug-likeness (QED) is 0.546. The molecule has 5 rings (SSSR count). The summed E-state index contributed by atoms with van der Waals surface area (Å²) in [6.45, 7) is 0.704. The maximum Gasteiger partial charge on any atom is 0.145 e. The van der Waals surface area contributed by atoms with Crippen molar-refractivity contribution in [3.05, 3.63) is 54.5 Å². The average molecular weight is 379 g/mol. The first kappa shape index (κ1) is 17.6. The number of nitrogen functional groups attached to an aromatic ring is 1. The molecule has 1 aliphatic heterocycles. The molecule has 2 aliphatic rings. The first-order valence-electron chi connectivity index (χ1n) is 9.78. The second-order valence-corrected chi connectivity index (χ2v) is 8.26. The third-order valence-corrected chi connectivity index (χ3v) is 6.58. The Balaban J connectivity index is 1.40. The van der Waals surface area contributed by atoms with Gasteiger partial charge in [0.05, 0.1) is 17.5 Å². The molecule has 0 bridgehead atoms. The van der Waals surface area contributed by atoms with Crippen LogP contribution >= 0.6 is 0 Å². The van der Waals surface area contributed by atoms with Gasteiger partial charge in [-0.3, -0.25) is 0 Å². The third kappa shape index (κ3) is 2.70. The van der Waals surface area contributed by atoms with E-state index in [1.807, 2.05) is 22.9 Å². The fourth-order valence-corrected chi connectivity index (χ4v) is 5.16. The van der Waals surface area contributed by atoms with Crippen molar-refractivity contribution in [2.45, 2.75) is 43.6 Å². The Bertz CT molecular complexity index is 991. The first-order chi connectivity index (χ1) is 13.6. The van der Waals surface area contributed by atoms with Crippen LogP contribution in [0.5, 0.6) is 0 Å². The molecule has 5 atom stereocenters. The van der Waals surface area contributed by atoms with E-state index in [2.05, 4.69) is 39.6 Å². The molecule has 1 aromatic carbocycles. The maximum absolute atomic E-state index is 11.0. The number of aliphatic hydroxyl groups is 2. The van der Waals surface area contributed by atoms with Crippen molar-refractivity contribution in [1.29, 1.82) is 0 Å². The number of anilines is 1. The molecule has 1 saturated heterocycles. The fourth-order valence-electron chi connectivity index (χ4n) is 5.16. The first-order valence-corrected chi connectivity index (χ1v) is 9.78. The van der Waals surface area contributed by atoms with Gasteiger partial charge in [0, 0.05) is 24.2 Å². The second kappa shape index (κ2) is 6.55. The van der Waals surface area contributed by atoms with Gasteiger partial charge in [-0.2, -0.15) is 0 Å². The topological polar surface area (TPSA) is 109 Å². The Kier molecular flexibility index (Phi) is 4.12. The molecule has 7 nitrogen and oxygen atoms in total. The number of nitrogens with two attached hydrogens (primary N) is 1. The Labute approximate surface area is 163 Å². The van der Waals surface area contributed by atoms with Crippen LogP contribution in [-0.2, 0) is 6.42 Å². The van der Waals surface area contributed by atoms with E-state index in [4.69, 9.17) is 5.73 Å². The van der Waals surface area contributed by atoms with E-state index in [0.717, 1.165) is 18.2 Å². The second-order valence-electron chi connectivity index (χ2n) is 8.26. The molecule has 5 unspecified atom stereocenters. The van der Waals surface area contributed by atoms with Gasteiger partial charge in [0.1, 0.15) is 23.9 Å². The van der Waals surface area contributed by atoms with Crippen LogP contribution in [0.25, 0.3) is 11.0 Å². The summed E-state index contributed by atoms with van der Waals surface area (Å²) >= 11 is 0. The number of aromatic nitrogens is 3. The Morgan fingerprint density at radius 3 is 2.79 bits per heavy atom. The summed E-state index contributed by atoms with van der Waals surface area (Å²) in [6.07, 6.45) is 4.17. The zero-order valence-corrected chi connectivity index (χ0v) is 15.6. The molecule has 7 heteroatoms. The van der Waals surface area contributed by atoms with Crippen LogP contribution in [0.15, 0.2) is 48.9 Å². The van der Waals surface area contributed by atoms with Gasteiger partial charge in [-0.15, -0.1) is 0 Å². The van der Waals surface area contributed by atoms with Crippen LogP contribution in [0.4, 0.5) is 5.82 Å². The number of rotatable bonds is 3. The lowest BCUT2D eigenvalue weighted by molar-refractivity contribution is -0.0217.